The van der Waals surface area contributed by atoms with Crippen LogP contribution >= 0.6 is 11.8 Å². The lowest BCUT2D eigenvalue weighted by atomic mass is 10.1. The number of hydrogen-bond acceptors (Lipinski definition) is 5. The summed E-state index contributed by atoms with van der Waals surface area (Å²) in [6, 6.07) is 7.22. The minimum Gasteiger partial charge on any atom is -0.495 e. The second-order valence-corrected chi connectivity index (χ2v) is 7.01. The van der Waals surface area contributed by atoms with Gasteiger partial charge >= 0.3 is 0 Å². The Labute approximate surface area is 145 Å². The van der Waals surface area contributed by atoms with Crippen LogP contribution in [0.25, 0.3) is 0 Å². The maximum Gasteiger partial charge on any atom is 0.262 e. The molecule has 24 heavy (non-hydrogen) atoms. The van der Waals surface area contributed by atoms with Gasteiger partial charge in [0.1, 0.15) is 11.0 Å². The van der Waals surface area contributed by atoms with Gasteiger partial charge < -0.3 is 15.0 Å². The molecule has 0 saturated carbocycles. The largest absolute Gasteiger partial charge is 0.495 e. The number of likely N-dealkylation sites (tertiary alicyclic amines) is 1. The molecule has 0 aliphatic carbocycles. The third-order valence-electron chi connectivity index (χ3n) is 4.11. The number of nitrogens with zero attached hydrogens (tertiary/aromatic N) is 2. The first-order valence-electron chi connectivity index (χ1n) is 8.14. The second kappa shape index (κ2) is 7.70. The van der Waals surface area contributed by atoms with E-state index in [1.807, 2.05) is 12.1 Å². The van der Waals surface area contributed by atoms with Crippen molar-refractivity contribution in [3.63, 3.8) is 0 Å². The van der Waals surface area contributed by atoms with Crippen LogP contribution in [0.3, 0.4) is 0 Å². The number of amidine groups is 1. The molecule has 1 atom stereocenters. The van der Waals surface area contributed by atoms with Gasteiger partial charge in [0, 0.05) is 19.5 Å². The van der Waals surface area contributed by atoms with Crippen LogP contribution in [0.1, 0.15) is 25.7 Å². The maximum absolute atomic E-state index is 12.3. The zero-order valence-corrected chi connectivity index (χ0v) is 14.5. The van der Waals surface area contributed by atoms with Gasteiger partial charge in [0.05, 0.1) is 12.8 Å². The van der Waals surface area contributed by atoms with Crippen molar-refractivity contribution < 1.29 is 14.3 Å². The lowest BCUT2D eigenvalue weighted by Gasteiger charge is -2.27. The Morgan fingerprint density at radius 3 is 2.83 bits per heavy atom. The van der Waals surface area contributed by atoms with Gasteiger partial charge in [-0.2, -0.15) is 4.99 Å². The Bertz CT molecular complexity index is 656. The van der Waals surface area contributed by atoms with Crippen LogP contribution in [-0.2, 0) is 9.59 Å². The smallest absolute Gasteiger partial charge is 0.262 e. The Balaban J connectivity index is 1.56. The molecule has 1 aromatic rings. The van der Waals surface area contributed by atoms with E-state index in [1.165, 1.54) is 18.2 Å². The van der Waals surface area contributed by atoms with E-state index in [4.69, 9.17) is 4.74 Å². The molecular formula is C17H21N3O3S. The molecule has 2 heterocycles. The molecule has 0 bridgehead atoms. The Morgan fingerprint density at radius 1 is 1.33 bits per heavy atom. The fourth-order valence-corrected chi connectivity index (χ4v) is 3.96. The van der Waals surface area contributed by atoms with Gasteiger partial charge in [0.25, 0.3) is 5.91 Å². The summed E-state index contributed by atoms with van der Waals surface area (Å²) in [6.07, 6.45) is 3.61. The summed E-state index contributed by atoms with van der Waals surface area (Å²) in [4.78, 5) is 30.7. The third-order valence-corrected chi connectivity index (χ3v) is 5.32. The highest BCUT2D eigenvalue weighted by Crippen LogP contribution is 2.30. The highest BCUT2D eigenvalue weighted by atomic mass is 32.2. The van der Waals surface area contributed by atoms with Crippen molar-refractivity contribution in [2.45, 2.75) is 30.9 Å². The van der Waals surface area contributed by atoms with Crippen LogP contribution in [0, 0.1) is 0 Å². The normalized spacial score (nSPS) is 20.7. The lowest BCUT2D eigenvalue weighted by Crippen LogP contribution is -2.33. The number of carbonyl (C=O) groups is 2. The molecule has 2 aliphatic heterocycles. The van der Waals surface area contributed by atoms with E-state index < -0.39 is 5.25 Å². The molecule has 1 saturated heterocycles. The number of anilines is 1. The number of rotatable bonds is 4. The predicted octanol–water partition coefficient (Wildman–Crippen LogP) is 2.51. The first kappa shape index (κ1) is 16.8. The number of amides is 2. The molecule has 2 aliphatic rings. The second-order valence-electron chi connectivity index (χ2n) is 5.84. The van der Waals surface area contributed by atoms with Crippen molar-refractivity contribution in [1.29, 1.82) is 0 Å². The first-order chi connectivity index (χ1) is 11.7. The molecule has 3 rings (SSSR count). The van der Waals surface area contributed by atoms with Gasteiger partial charge in [-0.3, -0.25) is 9.59 Å². The summed E-state index contributed by atoms with van der Waals surface area (Å²) in [5.74, 6) is 0.178. The number of methoxy groups -OCH3 is 1. The monoisotopic (exact) mass is 347 g/mol. The number of benzene rings is 1. The van der Waals surface area contributed by atoms with Crippen LogP contribution in [0.2, 0.25) is 0 Å². The van der Waals surface area contributed by atoms with E-state index in [-0.39, 0.29) is 18.2 Å². The topological polar surface area (TPSA) is 71.0 Å². The minimum atomic E-state index is -0.434. The van der Waals surface area contributed by atoms with Crippen LogP contribution in [0.15, 0.2) is 29.3 Å². The summed E-state index contributed by atoms with van der Waals surface area (Å²) in [5.41, 5.74) is 0.609. The number of piperidine rings is 1. The summed E-state index contributed by atoms with van der Waals surface area (Å²) < 4.78 is 5.22. The van der Waals surface area contributed by atoms with Gasteiger partial charge in [-0.15, -0.1) is 0 Å². The average molecular weight is 347 g/mol. The summed E-state index contributed by atoms with van der Waals surface area (Å²) >= 11 is 1.41. The highest BCUT2D eigenvalue weighted by Gasteiger charge is 2.33. The van der Waals surface area contributed by atoms with Crippen molar-refractivity contribution in [3.8, 4) is 5.75 Å². The molecule has 128 valence electrons. The maximum atomic E-state index is 12.3. The summed E-state index contributed by atoms with van der Waals surface area (Å²) in [7, 11) is 1.56. The lowest BCUT2D eigenvalue weighted by molar-refractivity contribution is -0.121. The fraction of sp³-hybridized carbons (Fsp3) is 0.471. The summed E-state index contributed by atoms with van der Waals surface area (Å²) in [5, 5.41) is 3.15. The first-order valence-corrected chi connectivity index (χ1v) is 9.02. The molecule has 0 spiro atoms. The van der Waals surface area contributed by atoms with E-state index >= 15 is 0 Å². The third kappa shape index (κ3) is 3.90. The average Bonchev–Trinajstić information content (AvgIpc) is 2.97. The zero-order chi connectivity index (χ0) is 16.9. The predicted molar refractivity (Wildman–Crippen MR) is 95.5 cm³/mol. The van der Waals surface area contributed by atoms with Crippen molar-refractivity contribution >= 4 is 34.4 Å². The standard InChI is InChI=1S/C17H21N3O3S/c1-23-13-8-4-3-7-12(13)18-15(21)11-14-16(22)19-17(24-14)20-9-5-2-6-10-20/h3-4,7-8,14H,2,5-6,9-11H2,1H3,(H,18,21). The molecule has 0 aromatic heterocycles. The van der Waals surface area contributed by atoms with Gasteiger partial charge in [-0.25, -0.2) is 0 Å². The molecular weight excluding hydrogens is 326 g/mol. The van der Waals surface area contributed by atoms with Crippen molar-refractivity contribution in [3.05, 3.63) is 24.3 Å². The molecule has 1 aromatic carbocycles. The van der Waals surface area contributed by atoms with Gasteiger partial charge in [0.2, 0.25) is 5.91 Å². The fourth-order valence-electron chi connectivity index (χ4n) is 2.85. The molecule has 1 N–H and O–H groups in total. The molecule has 1 fully saturated rings. The van der Waals surface area contributed by atoms with E-state index in [1.54, 1.807) is 19.2 Å². The zero-order valence-electron chi connectivity index (χ0n) is 13.7. The number of carbonyl (C=O) groups excluding carboxylic acids is 2. The molecule has 1 unspecified atom stereocenters. The number of para-hydroxylation sites is 2. The number of ether oxygens (including phenoxy) is 1. The van der Waals surface area contributed by atoms with Gasteiger partial charge in [-0.05, 0) is 31.4 Å². The van der Waals surface area contributed by atoms with Crippen molar-refractivity contribution in [2.24, 2.45) is 4.99 Å². The van der Waals surface area contributed by atoms with Crippen molar-refractivity contribution in [1.82, 2.24) is 4.90 Å². The Hall–Kier alpha value is -2.02. The molecule has 2 amide bonds. The van der Waals surface area contributed by atoms with Crippen LogP contribution < -0.4 is 10.1 Å². The van der Waals surface area contributed by atoms with E-state index in [0.29, 0.717) is 11.4 Å². The Kier molecular flexibility index (Phi) is 5.40. The van der Waals surface area contributed by atoms with Crippen molar-refractivity contribution in [2.75, 3.05) is 25.5 Å². The number of hydrogen-bond donors (Lipinski definition) is 1. The van der Waals surface area contributed by atoms with Crippen LogP contribution in [0.4, 0.5) is 5.69 Å². The van der Waals surface area contributed by atoms with Crippen LogP contribution in [-0.4, -0.2) is 47.3 Å². The van der Waals surface area contributed by atoms with Gasteiger partial charge in [-0.1, -0.05) is 23.9 Å². The minimum absolute atomic E-state index is 0.113. The quantitative estimate of drug-likeness (QED) is 0.906. The van der Waals surface area contributed by atoms with Gasteiger partial charge in [0.15, 0.2) is 5.17 Å². The molecule has 0 radical (unpaired) electrons. The SMILES string of the molecule is COc1ccccc1NC(=O)CC1SC(N2CCCCC2)=NC1=O. The molecule has 6 nitrogen and oxygen atoms in total. The molecule has 7 heteroatoms. The van der Waals surface area contributed by atoms with E-state index in [0.717, 1.165) is 31.1 Å². The van der Waals surface area contributed by atoms with E-state index in [9.17, 15) is 9.59 Å². The number of thioether (sulfide) groups is 1. The summed E-state index contributed by atoms with van der Waals surface area (Å²) in [6.45, 7) is 1.89. The highest BCUT2D eigenvalue weighted by molar-refractivity contribution is 8.15. The Morgan fingerprint density at radius 2 is 2.08 bits per heavy atom. The number of aliphatic imine (C=N–C) groups is 1. The van der Waals surface area contributed by atoms with E-state index in [2.05, 4.69) is 15.2 Å². The van der Waals surface area contributed by atoms with Crippen LogP contribution in [0.5, 0.6) is 5.75 Å². The number of nitrogens with one attached hydrogen (secondary N) is 1.